The summed E-state index contributed by atoms with van der Waals surface area (Å²) in [5.74, 6) is -0.580. The van der Waals surface area contributed by atoms with Crippen LogP contribution in [0.1, 0.15) is 29.0 Å². The fraction of sp³-hybridized carbons (Fsp3) is 0.389. The third-order valence-corrected chi connectivity index (χ3v) is 4.27. The van der Waals surface area contributed by atoms with Gasteiger partial charge in [0, 0.05) is 31.5 Å². The van der Waals surface area contributed by atoms with Crippen molar-refractivity contribution in [2.24, 2.45) is 7.05 Å². The number of aryl methyl sites for hydroxylation is 2. The second-order valence-electron chi connectivity index (χ2n) is 6.27. The lowest BCUT2D eigenvalue weighted by molar-refractivity contribution is -0.115. The van der Waals surface area contributed by atoms with E-state index in [1.807, 2.05) is 31.2 Å². The lowest BCUT2D eigenvalue weighted by atomic mass is 10.2. The van der Waals surface area contributed by atoms with Crippen molar-refractivity contribution in [3.05, 3.63) is 41.7 Å². The molecule has 7 heteroatoms. The fourth-order valence-electron chi connectivity index (χ4n) is 3.01. The largest absolute Gasteiger partial charge is 0.372 e. The quantitative estimate of drug-likeness (QED) is 0.867. The summed E-state index contributed by atoms with van der Waals surface area (Å²) >= 11 is 0. The summed E-state index contributed by atoms with van der Waals surface area (Å²) < 4.78 is 1.50. The molecule has 0 atom stereocenters. The van der Waals surface area contributed by atoms with E-state index in [0.29, 0.717) is 5.69 Å². The molecule has 2 amide bonds. The van der Waals surface area contributed by atoms with Gasteiger partial charge in [0.2, 0.25) is 5.91 Å². The van der Waals surface area contributed by atoms with E-state index in [2.05, 4.69) is 20.6 Å². The summed E-state index contributed by atoms with van der Waals surface area (Å²) in [5.41, 5.74) is 3.09. The standard InChI is InChI=1S/C18H23N5O2/c1-13-11-16(22(2)21-13)18(25)19-12-17(24)20-14-5-7-15(8-6-14)23-9-3-4-10-23/h5-8,11H,3-4,9-10,12H2,1-2H3,(H,19,25)(H,20,24). The van der Waals surface area contributed by atoms with Crippen molar-refractivity contribution in [3.8, 4) is 0 Å². The SMILES string of the molecule is Cc1cc(C(=O)NCC(=O)Nc2ccc(N3CCCC3)cc2)n(C)n1. The molecule has 0 radical (unpaired) electrons. The smallest absolute Gasteiger partial charge is 0.269 e. The van der Waals surface area contributed by atoms with Crippen LogP contribution in [-0.4, -0.2) is 41.2 Å². The maximum absolute atomic E-state index is 12.1. The van der Waals surface area contributed by atoms with Gasteiger partial charge in [0.15, 0.2) is 0 Å². The molecular formula is C18H23N5O2. The van der Waals surface area contributed by atoms with E-state index in [-0.39, 0.29) is 18.4 Å². The minimum Gasteiger partial charge on any atom is -0.372 e. The van der Waals surface area contributed by atoms with Crippen molar-refractivity contribution in [2.45, 2.75) is 19.8 Å². The van der Waals surface area contributed by atoms with Gasteiger partial charge >= 0.3 is 0 Å². The normalized spacial score (nSPS) is 13.8. The molecule has 0 bridgehead atoms. The van der Waals surface area contributed by atoms with Gasteiger partial charge < -0.3 is 15.5 Å². The number of nitrogens with one attached hydrogen (secondary N) is 2. The molecule has 0 saturated carbocycles. The molecule has 2 heterocycles. The molecule has 25 heavy (non-hydrogen) atoms. The van der Waals surface area contributed by atoms with Crippen LogP contribution in [-0.2, 0) is 11.8 Å². The molecule has 1 fully saturated rings. The van der Waals surface area contributed by atoms with Gasteiger partial charge in [-0.3, -0.25) is 14.3 Å². The summed E-state index contributed by atoms with van der Waals surface area (Å²) in [6.07, 6.45) is 2.46. The van der Waals surface area contributed by atoms with Crippen molar-refractivity contribution >= 4 is 23.2 Å². The summed E-state index contributed by atoms with van der Waals surface area (Å²) in [7, 11) is 1.70. The first kappa shape index (κ1) is 17.0. The number of anilines is 2. The second-order valence-corrected chi connectivity index (χ2v) is 6.27. The van der Waals surface area contributed by atoms with Crippen LogP contribution < -0.4 is 15.5 Å². The van der Waals surface area contributed by atoms with Crippen LogP contribution in [0.4, 0.5) is 11.4 Å². The lowest BCUT2D eigenvalue weighted by Crippen LogP contribution is -2.33. The van der Waals surface area contributed by atoms with Crippen LogP contribution in [0.15, 0.2) is 30.3 Å². The average molecular weight is 341 g/mol. The fourth-order valence-corrected chi connectivity index (χ4v) is 3.01. The number of hydrogen-bond donors (Lipinski definition) is 2. The molecule has 2 aromatic rings. The maximum atomic E-state index is 12.1. The summed E-state index contributed by atoms with van der Waals surface area (Å²) in [4.78, 5) is 26.4. The molecule has 1 aliphatic heterocycles. The molecule has 0 aliphatic carbocycles. The van der Waals surface area contributed by atoms with Gasteiger partial charge in [0.25, 0.3) is 5.91 Å². The first-order chi connectivity index (χ1) is 12.0. The van der Waals surface area contributed by atoms with E-state index in [4.69, 9.17) is 0 Å². The van der Waals surface area contributed by atoms with Crippen LogP contribution in [0.25, 0.3) is 0 Å². The third-order valence-electron chi connectivity index (χ3n) is 4.27. The number of amides is 2. The van der Waals surface area contributed by atoms with Crippen molar-refractivity contribution in [1.82, 2.24) is 15.1 Å². The highest BCUT2D eigenvalue weighted by Crippen LogP contribution is 2.21. The zero-order chi connectivity index (χ0) is 17.8. The minimum atomic E-state index is -0.317. The molecule has 7 nitrogen and oxygen atoms in total. The molecule has 132 valence electrons. The van der Waals surface area contributed by atoms with E-state index >= 15 is 0 Å². The first-order valence-corrected chi connectivity index (χ1v) is 8.46. The Balaban J connectivity index is 1.50. The van der Waals surface area contributed by atoms with Crippen molar-refractivity contribution in [2.75, 3.05) is 29.9 Å². The Kier molecular flexibility index (Phi) is 5.02. The van der Waals surface area contributed by atoms with E-state index in [1.165, 1.54) is 23.2 Å². The third kappa shape index (κ3) is 4.17. The molecule has 1 aromatic carbocycles. The predicted octanol–water partition coefficient (Wildman–Crippen LogP) is 1.70. The summed E-state index contributed by atoms with van der Waals surface area (Å²) in [5, 5.41) is 9.52. The zero-order valence-corrected chi connectivity index (χ0v) is 14.6. The number of aromatic nitrogens is 2. The average Bonchev–Trinajstić information content (AvgIpc) is 3.23. The highest BCUT2D eigenvalue weighted by atomic mass is 16.2. The molecule has 2 N–H and O–H groups in total. The molecular weight excluding hydrogens is 318 g/mol. The molecule has 0 spiro atoms. The zero-order valence-electron chi connectivity index (χ0n) is 14.6. The Morgan fingerprint density at radius 2 is 1.84 bits per heavy atom. The van der Waals surface area contributed by atoms with Crippen LogP contribution in [0.5, 0.6) is 0 Å². The number of nitrogens with zero attached hydrogens (tertiary/aromatic N) is 3. The second kappa shape index (κ2) is 7.38. The predicted molar refractivity (Wildman–Crippen MR) is 96.8 cm³/mol. The monoisotopic (exact) mass is 341 g/mol. The topological polar surface area (TPSA) is 79.3 Å². The van der Waals surface area contributed by atoms with Gasteiger partial charge in [-0.15, -0.1) is 0 Å². The molecule has 1 aliphatic rings. The van der Waals surface area contributed by atoms with Crippen LogP contribution in [0.3, 0.4) is 0 Å². The highest BCUT2D eigenvalue weighted by Gasteiger charge is 2.14. The van der Waals surface area contributed by atoms with Gasteiger partial charge in [-0.2, -0.15) is 5.10 Å². The number of benzene rings is 1. The van der Waals surface area contributed by atoms with E-state index < -0.39 is 0 Å². The highest BCUT2D eigenvalue weighted by molar-refractivity contribution is 5.98. The Morgan fingerprint density at radius 3 is 2.44 bits per heavy atom. The van der Waals surface area contributed by atoms with Gasteiger partial charge in [-0.1, -0.05) is 0 Å². The van der Waals surface area contributed by atoms with Gasteiger partial charge in [-0.05, 0) is 50.1 Å². The van der Waals surface area contributed by atoms with Crippen molar-refractivity contribution in [1.29, 1.82) is 0 Å². The Bertz CT molecular complexity index is 760. The van der Waals surface area contributed by atoms with Gasteiger partial charge in [0.1, 0.15) is 5.69 Å². The number of carbonyl (C=O) groups excluding carboxylic acids is 2. The van der Waals surface area contributed by atoms with Crippen LogP contribution in [0, 0.1) is 6.92 Å². The van der Waals surface area contributed by atoms with Crippen molar-refractivity contribution in [3.63, 3.8) is 0 Å². The summed E-state index contributed by atoms with van der Waals surface area (Å²) in [6.45, 7) is 3.91. The van der Waals surface area contributed by atoms with E-state index in [1.54, 1.807) is 13.1 Å². The van der Waals surface area contributed by atoms with Crippen LogP contribution >= 0.6 is 0 Å². The Labute approximate surface area is 147 Å². The lowest BCUT2D eigenvalue weighted by Gasteiger charge is -2.17. The molecule has 1 aromatic heterocycles. The van der Waals surface area contributed by atoms with Gasteiger partial charge in [-0.25, -0.2) is 0 Å². The minimum absolute atomic E-state index is 0.0864. The Morgan fingerprint density at radius 1 is 1.16 bits per heavy atom. The molecule has 1 saturated heterocycles. The first-order valence-electron chi connectivity index (χ1n) is 8.46. The number of hydrogen-bond acceptors (Lipinski definition) is 4. The number of carbonyl (C=O) groups is 2. The molecule has 0 unspecified atom stereocenters. The van der Waals surface area contributed by atoms with Crippen molar-refractivity contribution < 1.29 is 9.59 Å². The number of rotatable bonds is 5. The van der Waals surface area contributed by atoms with Gasteiger partial charge in [0.05, 0.1) is 12.2 Å². The Hall–Kier alpha value is -2.83. The van der Waals surface area contributed by atoms with Crippen LogP contribution in [0.2, 0.25) is 0 Å². The van der Waals surface area contributed by atoms with E-state index in [0.717, 1.165) is 24.5 Å². The summed E-state index contributed by atoms with van der Waals surface area (Å²) in [6, 6.07) is 9.48. The molecule has 3 rings (SSSR count). The van der Waals surface area contributed by atoms with E-state index in [9.17, 15) is 9.59 Å². The maximum Gasteiger partial charge on any atom is 0.269 e.